The highest BCUT2D eigenvalue weighted by molar-refractivity contribution is 7.92. The fourth-order valence-corrected chi connectivity index (χ4v) is 6.87. The number of fused-ring (bicyclic) bond motifs is 2. The van der Waals surface area contributed by atoms with Gasteiger partial charge in [-0.1, -0.05) is 12.8 Å². The molecule has 0 saturated heterocycles. The van der Waals surface area contributed by atoms with Gasteiger partial charge in [-0.3, -0.25) is 24.7 Å². The lowest BCUT2D eigenvalue weighted by Crippen LogP contribution is -2.41. The Morgan fingerprint density at radius 1 is 1.00 bits per heavy atom. The van der Waals surface area contributed by atoms with E-state index in [-0.39, 0.29) is 11.9 Å². The second kappa shape index (κ2) is 8.63. The molecule has 9 heteroatoms. The Balaban J connectivity index is 1.42. The molecule has 31 heavy (non-hydrogen) atoms. The molecule has 2 heterocycles. The zero-order valence-corrected chi connectivity index (χ0v) is 19.4. The van der Waals surface area contributed by atoms with Gasteiger partial charge < -0.3 is 0 Å². The topological polar surface area (TPSA) is 95.6 Å². The van der Waals surface area contributed by atoms with Gasteiger partial charge in [-0.05, 0) is 74.4 Å². The largest absolute Gasteiger partial charge is 0.279 e. The van der Waals surface area contributed by atoms with Crippen molar-refractivity contribution in [2.75, 3.05) is 10.6 Å². The molecule has 0 saturated carbocycles. The van der Waals surface area contributed by atoms with E-state index in [0.29, 0.717) is 22.5 Å². The fourth-order valence-electron chi connectivity index (χ4n) is 4.45. The number of hydrogen-bond donors (Lipinski definition) is 2. The number of benzene rings is 1. The van der Waals surface area contributed by atoms with E-state index in [1.807, 2.05) is 13.0 Å². The van der Waals surface area contributed by atoms with Gasteiger partial charge >= 0.3 is 0 Å². The predicted molar refractivity (Wildman–Crippen MR) is 122 cm³/mol. The second-order valence-electron chi connectivity index (χ2n) is 8.34. The van der Waals surface area contributed by atoms with Crippen molar-refractivity contribution in [3.63, 3.8) is 0 Å². The smallest absolute Gasteiger partial charge is 0.267 e. The van der Waals surface area contributed by atoms with Gasteiger partial charge in [0.2, 0.25) is 10.0 Å². The summed E-state index contributed by atoms with van der Waals surface area (Å²) in [6.07, 6.45) is 8.50. The number of aryl methyl sites for hydroxylation is 2. The highest BCUT2D eigenvalue weighted by atomic mass is 32.2. The molecule has 2 N–H and O–H groups in total. The van der Waals surface area contributed by atoms with Crippen LogP contribution in [0.1, 0.15) is 68.6 Å². The minimum Gasteiger partial charge on any atom is -0.267 e. The maximum Gasteiger partial charge on any atom is 0.279 e. The van der Waals surface area contributed by atoms with Crippen LogP contribution in [0.15, 0.2) is 24.3 Å². The van der Waals surface area contributed by atoms with Crippen molar-refractivity contribution >= 4 is 38.9 Å². The molecule has 4 rings (SSSR count). The number of rotatable bonds is 3. The van der Waals surface area contributed by atoms with E-state index in [1.54, 1.807) is 18.2 Å². The van der Waals surface area contributed by atoms with E-state index in [4.69, 9.17) is 0 Å². The summed E-state index contributed by atoms with van der Waals surface area (Å²) in [4.78, 5) is 27.0. The third kappa shape index (κ3) is 4.62. The molecule has 2 aromatic rings. The Morgan fingerprint density at radius 2 is 1.71 bits per heavy atom. The van der Waals surface area contributed by atoms with Crippen molar-refractivity contribution in [3.8, 4) is 0 Å². The molecule has 1 aliphatic carbocycles. The number of nitrogens with one attached hydrogen (secondary N) is 2. The zero-order chi connectivity index (χ0) is 22.2. The maximum absolute atomic E-state index is 12.6. The molecule has 2 aliphatic rings. The molecule has 0 fully saturated rings. The minimum absolute atomic E-state index is 0.193. The van der Waals surface area contributed by atoms with Crippen LogP contribution in [0.5, 0.6) is 0 Å². The van der Waals surface area contributed by atoms with E-state index in [9.17, 15) is 18.0 Å². The first-order valence-electron chi connectivity index (χ1n) is 10.6. The maximum atomic E-state index is 12.6. The first-order valence-corrected chi connectivity index (χ1v) is 13.2. The van der Waals surface area contributed by atoms with Crippen LogP contribution in [0.2, 0.25) is 0 Å². The van der Waals surface area contributed by atoms with Crippen LogP contribution in [-0.4, -0.2) is 32.5 Å². The van der Waals surface area contributed by atoms with E-state index in [1.165, 1.54) is 45.2 Å². The molecule has 166 valence electrons. The molecule has 1 aliphatic heterocycles. The van der Waals surface area contributed by atoms with Crippen LogP contribution in [0.3, 0.4) is 0 Å². The highest BCUT2D eigenvalue weighted by Crippen LogP contribution is 2.34. The predicted octanol–water partition coefficient (Wildman–Crippen LogP) is 3.19. The number of carbonyl (C=O) groups excluding carboxylic acids is 2. The first-order chi connectivity index (χ1) is 14.7. The lowest BCUT2D eigenvalue weighted by atomic mass is 10.00. The molecular weight excluding hydrogens is 434 g/mol. The number of nitrogens with zero attached hydrogens (tertiary/aromatic N) is 1. The molecule has 1 unspecified atom stereocenters. The number of hydrazine groups is 1. The Bertz CT molecular complexity index is 1100. The number of amides is 2. The van der Waals surface area contributed by atoms with Gasteiger partial charge in [0.25, 0.3) is 11.8 Å². The van der Waals surface area contributed by atoms with E-state index in [0.717, 1.165) is 31.2 Å². The van der Waals surface area contributed by atoms with Crippen LogP contribution < -0.4 is 15.2 Å². The Labute approximate surface area is 186 Å². The van der Waals surface area contributed by atoms with Crippen molar-refractivity contribution in [3.05, 3.63) is 50.7 Å². The molecule has 2 amide bonds. The van der Waals surface area contributed by atoms with Crippen molar-refractivity contribution < 1.29 is 18.0 Å². The van der Waals surface area contributed by atoms with Crippen LogP contribution in [0, 0.1) is 0 Å². The molecule has 7 nitrogen and oxygen atoms in total. The lowest BCUT2D eigenvalue weighted by Gasteiger charge is -2.21. The third-order valence-corrected chi connectivity index (χ3v) is 8.37. The zero-order valence-electron chi connectivity index (χ0n) is 17.7. The van der Waals surface area contributed by atoms with Crippen molar-refractivity contribution in [2.45, 2.75) is 57.9 Å². The molecule has 1 atom stereocenters. The molecule has 0 bridgehead atoms. The van der Waals surface area contributed by atoms with Crippen LogP contribution >= 0.6 is 11.3 Å². The van der Waals surface area contributed by atoms with E-state index < -0.39 is 15.9 Å². The van der Waals surface area contributed by atoms with Gasteiger partial charge in [0.1, 0.15) is 0 Å². The lowest BCUT2D eigenvalue weighted by molar-refractivity contribution is 0.0849. The van der Waals surface area contributed by atoms with Crippen molar-refractivity contribution in [2.24, 2.45) is 0 Å². The van der Waals surface area contributed by atoms with Crippen LogP contribution in [0.25, 0.3) is 0 Å². The fraction of sp³-hybridized carbons (Fsp3) is 0.455. The number of sulfonamides is 1. The van der Waals surface area contributed by atoms with Crippen molar-refractivity contribution in [1.29, 1.82) is 0 Å². The average Bonchev–Trinajstić information content (AvgIpc) is 3.24. The first kappa shape index (κ1) is 21.8. The normalized spacial score (nSPS) is 18.5. The monoisotopic (exact) mass is 461 g/mol. The van der Waals surface area contributed by atoms with Gasteiger partial charge in [-0.25, -0.2) is 8.42 Å². The summed E-state index contributed by atoms with van der Waals surface area (Å²) < 4.78 is 25.5. The Morgan fingerprint density at radius 3 is 2.45 bits per heavy atom. The van der Waals surface area contributed by atoms with Gasteiger partial charge in [-0.15, -0.1) is 11.3 Å². The summed E-state index contributed by atoms with van der Waals surface area (Å²) in [5, 5.41) is 0. The molecule has 1 aromatic heterocycles. The highest BCUT2D eigenvalue weighted by Gasteiger charge is 2.32. The minimum atomic E-state index is -3.38. The summed E-state index contributed by atoms with van der Waals surface area (Å²) in [5.74, 6) is -0.750. The Hall–Kier alpha value is -2.39. The van der Waals surface area contributed by atoms with Gasteiger partial charge in [-0.2, -0.15) is 0 Å². The summed E-state index contributed by atoms with van der Waals surface area (Å²) in [5.41, 5.74) is 8.03. The average molecular weight is 462 g/mol. The molecule has 0 spiro atoms. The van der Waals surface area contributed by atoms with Crippen molar-refractivity contribution in [1.82, 2.24) is 10.9 Å². The summed E-state index contributed by atoms with van der Waals surface area (Å²) >= 11 is 1.51. The SMILES string of the molecule is CC1Cc2cc(C(=O)NNC(=O)c3cc4c(s3)CCCCCC4)ccc2N1S(C)(=O)=O. The van der Waals surface area contributed by atoms with Gasteiger partial charge in [0, 0.05) is 16.5 Å². The Kier molecular flexibility index (Phi) is 6.07. The number of hydrogen-bond acceptors (Lipinski definition) is 5. The summed E-state index contributed by atoms with van der Waals surface area (Å²) in [6, 6.07) is 6.67. The molecule has 0 radical (unpaired) electrons. The quantitative estimate of drug-likeness (QED) is 0.686. The number of carbonyl (C=O) groups is 2. The number of anilines is 1. The van der Waals surface area contributed by atoms with Gasteiger partial charge in [0.15, 0.2) is 0 Å². The molecule has 1 aromatic carbocycles. The standard InChI is InChI=1S/C22H27N3O4S2/c1-14-11-17-12-16(9-10-18(17)25(14)31(2,28)29)21(26)23-24-22(27)20-13-15-7-5-3-4-6-8-19(15)30-20/h9-10,12-14H,3-8,11H2,1-2H3,(H,23,26)(H,24,27). The van der Waals surface area contributed by atoms with E-state index in [2.05, 4.69) is 10.9 Å². The third-order valence-electron chi connectivity index (χ3n) is 5.86. The molecular formula is C22H27N3O4S2. The van der Waals surface area contributed by atoms with Gasteiger partial charge in [0.05, 0.1) is 16.8 Å². The van der Waals surface area contributed by atoms with Crippen LogP contribution in [-0.2, 0) is 29.3 Å². The van der Waals surface area contributed by atoms with Crippen LogP contribution in [0.4, 0.5) is 5.69 Å². The summed E-state index contributed by atoms with van der Waals surface area (Å²) in [6.45, 7) is 1.84. The second-order valence-corrected chi connectivity index (χ2v) is 11.3. The van der Waals surface area contributed by atoms with E-state index >= 15 is 0 Å². The summed E-state index contributed by atoms with van der Waals surface area (Å²) in [7, 11) is -3.38. The number of thiophene rings is 1.